The molecule has 3 rings (SSSR count). The van der Waals surface area contributed by atoms with Crippen LogP contribution in [0.15, 0.2) is 24.3 Å². The molecule has 6 nitrogen and oxygen atoms in total. The van der Waals surface area contributed by atoms with Crippen molar-refractivity contribution in [3.05, 3.63) is 30.1 Å². The lowest BCUT2D eigenvalue weighted by atomic mass is 9.66. The van der Waals surface area contributed by atoms with E-state index in [1.54, 1.807) is 12.1 Å². The van der Waals surface area contributed by atoms with Crippen LogP contribution in [0.5, 0.6) is 0 Å². The van der Waals surface area contributed by atoms with Crippen LogP contribution in [0, 0.1) is 11.2 Å². The third-order valence-corrected chi connectivity index (χ3v) is 5.18. The highest BCUT2D eigenvalue weighted by Gasteiger charge is 2.46. The van der Waals surface area contributed by atoms with Crippen LogP contribution in [-0.2, 0) is 14.4 Å². The number of carbonyl (C=O) groups excluding carboxylic acids is 2. The van der Waals surface area contributed by atoms with Crippen molar-refractivity contribution in [1.29, 1.82) is 0 Å². The molecule has 0 aromatic heterocycles. The standard InChI is InChI=1S/C18H21FN2O4/c19-12-5-1-2-7-14(12)21-10-3-6-13(16(21)23)20-15(22)11-18(17(24)25)8-4-9-18/h1-2,5,7,13H,3-4,6,8-11H2,(H,20,22)(H,24,25). The number of halogens is 1. The molecule has 1 saturated heterocycles. The van der Waals surface area contributed by atoms with E-state index in [2.05, 4.69) is 5.32 Å². The molecule has 2 fully saturated rings. The molecule has 1 aliphatic carbocycles. The van der Waals surface area contributed by atoms with E-state index in [-0.39, 0.29) is 18.0 Å². The molecule has 1 atom stereocenters. The number of para-hydroxylation sites is 1. The molecule has 2 N–H and O–H groups in total. The molecule has 0 spiro atoms. The summed E-state index contributed by atoms with van der Waals surface area (Å²) < 4.78 is 14.0. The van der Waals surface area contributed by atoms with Gasteiger partial charge in [0.05, 0.1) is 11.1 Å². The van der Waals surface area contributed by atoms with Crippen LogP contribution in [0.1, 0.15) is 38.5 Å². The maximum Gasteiger partial charge on any atom is 0.310 e. The van der Waals surface area contributed by atoms with Gasteiger partial charge in [-0.3, -0.25) is 14.4 Å². The number of nitrogens with zero attached hydrogens (tertiary/aromatic N) is 1. The Labute approximate surface area is 145 Å². The minimum atomic E-state index is -0.993. The smallest absolute Gasteiger partial charge is 0.310 e. The number of rotatable bonds is 5. The van der Waals surface area contributed by atoms with Gasteiger partial charge in [0.2, 0.25) is 11.8 Å². The summed E-state index contributed by atoms with van der Waals surface area (Å²) in [5, 5.41) is 12.0. The Morgan fingerprint density at radius 2 is 2.00 bits per heavy atom. The maximum absolute atomic E-state index is 14.0. The molecule has 1 saturated carbocycles. The van der Waals surface area contributed by atoms with E-state index in [1.165, 1.54) is 17.0 Å². The van der Waals surface area contributed by atoms with E-state index in [0.29, 0.717) is 32.2 Å². The van der Waals surface area contributed by atoms with Gasteiger partial charge in [-0.2, -0.15) is 0 Å². The van der Waals surface area contributed by atoms with Gasteiger partial charge >= 0.3 is 5.97 Å². The van der Waals surface area contributed by atoms with E-state index in [1.807, 2.05) is 0 Å². The number of nitrogens with one attached hydrogen (secondary N) is 1. The van der Waals surface area contributed by atoms with Crippen molar-refractivity contribution < 1.29 is 23.9 Å². The molecule has 134 valence electrons. The molecule has 1 heterocycles. The van der Waals surface area contributed by atoms with Crippen LogP contribution < -0.4 is 10.2 Å². The summed E-state index contributed by atoms with van der Waals surface area (Å²) in [4.78, 5) is 37.6. The number of hydrogen-bond acceptors (Lipinski definition) is 3. The number of piperidine rings is 1. The fraction of sp³-hybridized carbons (Fsp3) is 0.500. The Bertz CT molecular complexity index is 702. The molecule has 1 unspecified atom stereocenters. The highest BCUT2D eigenvalue weighted by atomic mass is 19.1. The van der Waals surface area contributed by atoms with Gasteiger partial charge in [-0.1, -0.05) is 18.6 Å². The van der Waals surface area contributed by atoms with Crippen molar-refractivity contribution in [2.24, 2.45) is 5.41 Å². The topological polar surface area (TPSA) is 86.7 Å². The minimum absolute atomic E-state index is 0.119. The summed E-state index contributed by atoms with van der Waals surface area (Å²) in [5.74, 6) is -2.24. The van der Waals surface area contributed by atoms with Crippen LogP contribution in [0.25, 0.3) is 0 Å². The second kappa shape index (κ2) is 6.82. The van der Waals surface area contributed by atoms with Crippen molar-refractivity contribution in [2.75, 3.05) is 11.4 Å². The van der Waals surface area contributed by atoms with Gasteiger partial charge in [0.15, 0.2) is 0 Å². The highest BCUT2D eigenvalue weighted by molar-refractivity contribution is 6.00. The first-order valence-corrected chi connectivity index (χ1v) is 8.52. The summed E-state index contributed by atoms with van der Waals surface area (Å²) in [6.45, 7) is 0.394. The molecule has 1 aliphatic heterocycles. The zero-order valence-corrected chi connectivity index (χ0v) is 13.8. The van der Waals surface area contributed by atoms with E-state index in [9.17, 15) is 23.9 Å². The first-order chi connectivity index (χ1) is 11.9. The van der Waals surface area contributed by atoms with Crippen LogP contribution in [0.3, 0.4) is 0 Å². The molecular formula is C18H21FN2O4. The first-order valence-electron chi connectivity index (χ1n) is 8.52. The van der Waals surface area contributed by atoms with Crippen LogP contribution in [0.4, 0.5) is 10.1 Å². The van der Waals surface area contributed by atoms with Gasteiger partial charge in [0.1, 0.15) is 11.9 Å². The van der Waals surface area contributed by atoms with Gasteiger partial charge in [0, 0.05) is 13.0 Å². The Kier molecular flexibility index (Phi) is 4.74. The lowest BCUT2D eigenvalue weighted by molar-refractivity contribution is -0.157. The lowest BCUT2D eigenvalue weighted by Gasteiger charge is -2.38. The predicted molar refractivity (Wildman–Crippen MR) is 88.5 cm³/mol. The lowest BCUT2D eigenvalue weighted by Crippen LogP contribution is -2.54. The summed E-state index contributed by atoms with van der Waals surface area (Å²) in [6.07, 6.45) is 2.74. The van der Waals surface area contributed by atoms with Crippen LogP contribution >= 0.6 is 0 Å². The Hall–Kier alpha value is -2.44. The third kappa shape index (κ3) is 3.36. The highest BCUT2D eigenvalue weighted by Crippen LogP contribution is 2.44. The van der Waals surface area contributed by atoms with E-state index in [4.69, 9.17) is 0 Å². The second-order valence-corrected chi connectivity index (χ2v) is 6.82. The molecule has 0 bridgehead atoms. The summed E-state index contributed by atoms with van der Waals surface area (Å²) in [6, 6.07) is 5.28. The van der Waals surface area contributed by atoms with Gasteiger partial charge in [-0.15, -0.1) is 0 Å². The number of aliphatic carboxylic acids is 1. The number of benzene rings is 1. The zero-order chi connectivity index (χ0) is 18.0. The molecule has 1 aromatic rings. The minimum Gasteiger partial charge on any atom is -0.481 e. The van der Waals surface area contributed by atoms with Crippen molar-refractivity contribution in [1.82, 2.24) is 5.32 Å². The van der Waals surface area contributed by atoms with Gasteiger partial charge in [0.25, 0.3) is 0 Å². The fourth-order valence-electron chi connectivity index (χ4n) is 3.54. The van der Waals surface area contributed by atoms with Gasteiger partial charge in [-0.05, 0) is 37.8 Å². The number of amides is 2. The molecule has 7 heteroatoms. The second-order valence-electron chi connectivity index (χ2n) is 6.82. The van der Waals surface area contributed by atoms with Crippen LogP contribution in [-0.4, -0.2) is 35.5 Å². The van der Waals surface area contributed by atoms with Crippen molar-refractivity contribution in [3.63, 3.8) is 0 Å². The van der Waals surface area contributed by atoms with Crippen LogP contribution in [0.2, 0.25) is 0 Å². The van der Waals surface area contributed by atoms with Gasteiger partial charge in [-0.25, -0.2) is 4.39 Å². The molecular weight excluding hydrogens is 327 g/mol. The Balaban J connectivity index is 1.66. The molecule has 0 radical (unpaired) electrons. The molecule has 2 aliphatic rings. The van der Waals surface area contributed by atoms with E-state index in [0.717, 1.165) is 6.42 Å². The molecule has 1 aromatic carbocycles. The number of carboxylic acids is 1. The molecule has 25 heavy (non-hydrogen) atoms. The van der Waals surface area contributed by atoms with E-state index < -0.39 is 29.2 Å². The fourth-order valence-corrected chi connectivity index (χ4v) is 3.54. The molecule has 2 amide bonds. The Morgan fingerprint density at radius 3 is 2.60 bits per heavy atom. The van der Waals surface area contributed by atoms with Crippen molar-refractivity contribution >= 4 is 23.5 Å². The number of anilines is 1. The summed E-state index contributed by atoms with van der Waals surface area (Å²) in [7, 11) is 0. The maximum atomic E-state index is 14.0. The van der Waals surface area contributed by atoms with E-state index >= 15 is 0 Å². The summed E-state index contributed by atoms with van der Waals surface area (Å²) in [5.41, 5.74) is -0.792. The summed E-state index contributed by atoms with van der Waals surface area (Å²) >= 11 is 0. The van der Waals surface area contributed by atoms with Crippen molar-refractivity contribution in [2.45, 2.75) is 44.6 Å². The average molecular weight is 348 g/mol. The zero-order valence-electron chi connectivity index (χ0n) is 13.8. The predicted octanol–water partition coefficient (Wildman–Crippen LogP) is 2.08. The monoisotopic (exact) mass is 348 g/mol. The average Bonchev–Trinajstić information content (AvgIpc) is 2.53. The van der Waals surface area contributed by atoms with Gasteiger partial charge < -0.3 is 15.3 Å². The SMILES string of the molecule is O=C(CC1(C(=O)O)CCC1)NC1CCCN(c2ccccc2F)C1=O. The number of hydrogen-bond donors (Lipinski definition) is 2. The number of carbonyl (C=O) groups is 3. The van der Waals surface area contributed by atoms with Crippen molar-refractivity contribution in [3.8, 4) is 0 Å². The normalized spacial score (nSPS) is 22.2. The third-order valence-electron chi connectivity index (χ3n) is 5.18. The first kappa shape index (κ1) is 17.4. The largest absolute Gasteiger partial charge is 0.481 e. The number of carboxylic acid groups (broad SMARTS) is 1. The quantitative estimate of drug-likeness (QED) is 0.853. The Morgan fingerprint density at radius 1 is 1.28 bits per heavy atom.